The second-order valence-electron chi connectivity index (χ2n) is 4.49. The molecule has 0 saturated heterocycles. The van der Waals surface area contributed by atoms with Gasteiger partial charge in [0.25, 0.3) is 0 Å². The molecule has 1 aliphatic carbocycles. The molecule has 0 amide bonds. The molecule has 1 aliphatic rings. The summed E-state index contributed by atoms with van der Waals surface area (Å²) in [5.41, 5.74) is 0.862. The van der Waals surface area contributed by atoms with Gasteiger partial charge in [-0.1, -0.05) is 34.8 Å². The maximum atomic E-state index is 11.3. The Bertz CT molecular complexity index is 474. The van der Waals surface area contributed by atoms with Crippen molar-refractivity contribution in [3.63, 3.8) is 0 Å². The Hall–Kier alpha value is -0.440. The molecular weight excluding hydrogens is 294 g/mol. The maximum Gasteiger partial charge on any atom is 0.308 e. The van der Waals surface area contributed by atoms with Gasteiger partial charge in [-0.25, -0.2) is 0 Å². The Labute approximate surface area is 121 Å². The quantitative estimate of drug-likeness (QED) is 0.609. The zero-order valence-electron chi connectivity index (χ0n) is 9.88. The van der Waals surface area contributed by atoms with Crippen molar-refractivity contribution in [3.8, 4) is 0 Å². The van der Waals surface area contributed by atoms with Gasteiger partial charge in [-0.05, 0) is 42.9 Å². The SMILES string of the molecule is COC(=O)C1CC1CCc1c(Cl)ccc(Cl)c1Cl. The molecule has 1 fully saturated rings. The summed E-state index contributed by atoms with van der Waals surface area (Å²) >= 11 is 18.2. The standard InChI is InChI=1S/C13H13Cl3O2/c1-18-13(17)9-6-7(9)2-3-8-10(14)4-5-11(15)12(8)16/h4-5,7,9H,2-3,6H2,1H3. The second kappa shape index (κ2) is 5.68. The summed E-state index contributed by atoms with van der Waals surface area (Å²) in [6.07, 6.45) is 2.50. The molecule has 0 bridgehead atoms. The van der Waals surface area contributed by atoms with Gasteiger partial charge in [0.05, 0.1) is 23.1 Å². The average molecular weight is 308 g/mol. The van der Waals surface area contributed by atoms with Crippen LogP contribution in [0.2, 0.25) is 15.1 Å². The lowest BCUT2D eigenvalue weighted by molar-refractivity contribution is -0.142. The second-order valence-corrected chi connectivity index (χ2v) is 5.68. The van der Waals surface area contributed by atoms with Crippen molar-refractivity contribution in [2.45, 2.75) is 19.3 Å². The smallest absolute Gasteiger partial charge is 0.308 e. The summed E-state index contributed by atoms with van der Waals surface area (Å²) in [7, 11) is 1.42. The number of methoxy groups -OCH3 is 1. The first-order valence-corrected chi connectivity index (χ1v) is 6.88. The molecule has 1 saturated carbocycles. The van der Waals surface area contributed by atoms with Gasteiger partial charge >= 0.3 is 5.97 Å². The lowest BCUT2D eigenvalue weighted by Gasteiger charge is -2.08. The summed E-state index contributed by atoms with van der Waals surface area (Å²) in [5.74, 6) is 0.304. The van der Waals surface area contributed by atoms with Crippen molar-refractivity contribution in [1.82, 2.24) is 0 Å². The summed E-state index contributed by atoms with van der Waals surface area (Å²) in [6.45, 7) is 0. The van der Waals surface area contributed by atoms with Gasteiger partial charge in [0, 0.05) is 5.02 Å². The van der Waals surface area contributed by atoms with Crippen molar-refractivity contribution in [1.29, 1.82) is 0 Å². The maximum absolute atomic E-state index is 11.3. The van der Waals surface area contributed by atoms with Crippen molar-refractivity contribution in [2.75, 3.05) is 7.11 Å². The fourth-order valence-electron chi connectivity index (χ4n) is 2.13. The van der Waals surface area contributed by atoms with E-state index in [0.717, 1.165) is 24.8 Å². The first-order chi connectivity index (χ1) is 8.54. The predicted molar refractivity (Wildman–Crippen MR) is 73.4 cm³/mol. The van der Waals surface area contributed by atoms with E-state index in [-0.39, 0.29) is 11.9 Å². The van der Waals surface area contributed by atoms with Crippen LogP contribution in [0.25, 0.3) is 0 Å². The number of hydrogen-bond donors (Lipinski definition) is 0. The highest BCUT2D eigenvalue weighted by molar-refractivity contribution is 6.44. The van der Waals surface area contributed by atoms with Crippen LogP contribution >= 0.6 is 34.8 Å². The number of benzene rings is 1. The number of ether oxygens (including phenoxy) is 1. The zero-order chi connectivity index (χ0) is 13.3. The van der Waals surface area contributed by atoms with Crippen molar-refractivity contribution < 1.29 is 9.53 Å². The minimum Gasteiger partial charge on any atom is -0.469 e. The van der Waals surface area contributed by atoms with Gasteiger partial charge in [0.1, 0.15) is 0 Å². The van der Waals surface area contributed by atoms with Crippen LogP contribution in [-0.4, -0.2) is 13.1 Å². The van der Waals surface area contributed by atoms with Crippen LogP contribution in [0.1, 0.15) is 18.4 Å². The molecule has 1 aromatic carbocycles. The van der Waals surface area contributed by atoms with E-state index >= 15 is 0 Å². The van der Waals surface area contributed by atoms with Crippen molar-refractivity contribution in [3.05, 3.63) is 32.8 Å². The van der Waals surface area contributed by atoms with E-state index in [1.807, 2.05) is 0 Å². The molecule has 0 radical (unpaired) electrons. The number of carbonyl (C=O) groups is 1. The molecule has 0 N–H and O–H groups in total. The van der Waals surface area contributed by atoms with Crippen LogP contribution in [-0.2, 0) is 16.0 Å². The first kappa shape index (κ1) is 14.0. The lowest BCUT2D eigenvalue weighted by atomic mass is 10.1. The molecule has 2 atom stereocenters. The molecule has 0 spiro atoms. The molecule has 2 rings (SSSR count). The Balaban J connectivity index is 1.96. The van der Waals surface area contributed by atoms with Crippen molar-refractivity contribution >= 4 is 40.8 Å². The summed E-state index contributed by atoms with van der Waals surface area (Å²) in [6, 6.07) is 3.43. The number of esters is 1. The third kappa shape index (κ3) is 2.93. The lowest BCUT2D eigenvalue weighted by Crippen LogP contribution is -2.04. The molecule has 1 aromatic rings. The van der Waals surface area contributed by atoms with Gasteiger partial charge in [-0.15, -0.1) is 0 Å². The third-order valence-corrected chi connectivity index (χ3v) is 4.53. The number of rotatable bonds is 4. The van der Waals surface area contributed by atoms with Crippen LogP contribution in [0.4, 0.5) is 0 Å². The monoisotopic (exact) mass is 306 g/mol. The Morgan fingerprint density at radius 2 is 2.00 bits per heavy atom. The summed E-state index contributed by atoms with van der Waals surface area (Å²) in [5, 5.41) is 1.65. The van der Waals surface area contributed by atoms with Crippen LogP contribution in [0, 0.1) is 11.8 Å². The zero-order valence-corrected chi connectivity index (χ0v) is 12.1. The Morgan fingerprint density at radius 1 is 1.33 bits per heavy atom. The van der Waals surface area contributed by atoms with Crippen LogP contribution in [0.3, 0.4) is 0 Å². The normalized spacial score (nSPS) is 21.8. The predicted octanol–water partition coefficient (Wildman–Crippen LogP) is 4.39. The third-order valence-electron chi connectivity index (χ3n) is 3.33. The topological polar surface area (TPSA) is 26.3 Å². The van der Waals surface area contributed by atoms with Gasteiger partial charge in [-0.3, -0.25) is 4.79 Å². The van der Waals surface area contributed by atoms with E-state index in [4.69, 9.17) is 39.5 Å². The molecule has 2 unspecified atom stereocenters. The van der Waals surface area contributed by atoms with E-state index < -0.39 is 0 Å². The Morgan fingerprint density at radius 3 is 2.67 bits per heavy atom. The van der Waals surface area contributed by atoms with Crippen LogP contribution in [0.15, 0.2) is 12.1 Å². The number of hydrogen-bond acceptors (Lipinski definition) is 2. The highest BCUT2D eigenvalue weighted by atomic mass is 35.5. The van der Waals surface area contributed by atoms with Crippen LogP contribution < -0.4 is 0 Å². The van der Waals surface area contributed by atoms with E-state index in [1.165, 1.54) is 7.11 Å². The fraction of sp³-hybridized carbons (Fsp3) is 0.462. The largest absolute Gasteiger partial charge is 0.469 e. The summed E-state index contributed by atoms with van der Waals surface area (Å²) < 4.78 is 4.71. The molecule has 0 aliphatic heterocycles. The first-order valence-electron chi connectivity index (χ1n) is 5.74. The molecule has 2 nitrogen and oxygen atoms in total. The van der Waals surface area contributed by atoms with E-state index in [1.54, 1.807) is 12.1 Å². The minimum atomic E-state index is -0.122. The highest BCUT2D eigenvalue weighted by Crippen LogP contribution is 2.44. The summed E-state index contributed by atoms with van der Waals surface area (Å²) in [4.78, 5) is 11.3. The van der Waals surface area contributed by atoms with E-state index in [2.05, 4.69) is 0 Å². The highest BCUT2D eigenvalue weighted by Gasteiger charge is 2.43. The van der Waals surface area contributed by atoms with E-state index in [9.17, 15) is 4.79 Å². The molecule has 18 heavy (non-hydrogen) atoms. The van der Waals surface area contributed by atoms with E-state index in [0.29, 0.717) is 21.0 Å². The van der Waals surface area contributed by atoms with Gasteiger partial charge < -0.3 is 4.74 Å². The molecule has 0 aromatic heterocycles. The Kier molecular flexibility index (Phi) is 4.41. The number of carbonyl (C=O) groups excluding carboxylic acids is 1. The fourth-order valence-corrected chi connectivity index (χ4v) is 2.87. The van der Waals surface area contributed by atoms with Crippen LogP contribution in [0.5, 0.6) is 0 Å². The molecule has 5 heteroatoms. The van der Waals surface area contributed by atoms with Crippen molar-refractivity contribution in [2.24, 2.45) is 11.8 Å². The molecular formula is C13H13Cl3O2. The van der Waals surface area contributed by atoms with Gasteiger partial charge in [0.15, 0.2) is 0 Å². The van der Waals surface area contributed by atoms with Gasteiger partial charge in [0.2, 0.25) is 0 Å². The van der Waals surface area contributed by atoms with Gasteiger partial charge in [-0.2, -0.15) is 0 Å². The molecule has 0 heterocycles. The minimum absolute atomic E-state index is 0.0479. The molecule has 98 valence electrons. The average Bonchev–Trinajstić information content (AvgIpc) is 3.12. The number of halogens is 3.